The second-order valence-corrected chi connectivity index (χ2v) is 6.88. The first-order valence-corrected chi connectivity index (χ1v) is 9.48. The molecule has 0 bridgehead atoms. The van der Waals surface area contributed by atoms with Crippen molar-refractivity contribution < 1.29 is 9.26 Å². The Morgan fingerprint density at radius 2 is 1.90 bits per heavy atom. The second kappa shape index (κ2) is 7.48. The number of hydrogen-bond donors (Lipinski definition) is 0. The van der Waals surface area contributed by atoms with E-state index in [4.69, 9.17) is 9.26 Å². The highest BCUT2D eigenvalue weighted by Crippen LogP contribution is 2.20. The van der Waals surface area contributed by atoms with E-state index in [1.54, 1.807) is 19.2 Å². The van der Waals surface area contributed by atoms with Crippen LogP contribution in [0.25, 0.3) is 28.2 Å². The second-order valence-electron chi connectivity index (χ2n) is 6.88. The summed E-state index contributed by atoms with van der Waals surface area (Å²) >= 11 is 0. The van der Waals surface area contributed by atoms with Crippen LogP contribution < -0.4 is 10.3 Å². The number of benzene rings is 2. The van der Waals surface area contributed by atoms with Crippen molar-refractivity contribution in [1.29, 1.82) is 0 Å². The predicted molar refractivity (Wildman–Crippen MR) is 111 cm³/mol. The van der Waals surface area contributed by atoms with Crippen molar-refractivity contribution in [2.45, 2.75) is 13.5 Å². The molecule has 0 radical (unpaired) electrons. The number of ether oxygens (including phenoxy) is 1. The summed E-state index contributed by atoms with van der Waals surface area (Å²) in [4.78, 5) is 21.7. The Morgan fingerprint density at radius 3 is 2.68 bits per heavy atom. The van der Waals surface area contributed by atoms with Gasteiger partial charge in [-0.3, -0.25) is 9.36 Å². The third kappa shape index (κ3) is 3.33. The van der Waals surface area contributed by atoms with Crippen molar-refractivity contribution >= 4 is 11.2 Å². The lowest BCUT2D eigenvalue weighted by atomic mass is 10.1. The van der Waals surface area contributed by atoms with Gasteiger partial charge in [0.1, 0.15) is 18.6 Å². The molecule has 0 saturated carbocycles. The molecule has 0 saturated heterocycles. The zero-order chi connectivity index (χ0) is 21.4. The summed E-state index contributed by atoms with van der Waals surface area (Å²) in [6, 6.07) is 15.0. The lowest BCUT2D eigenvalue weighted by Crippen LogP contribution is -2.21. The smallest absolute Gasteiger partial charge is 0.284 e. The van der Waals surface area contributed by atoms with E-state index in [9.17, 15) is 4.79 Å². The van der Waals surface area contributed by atoms with Crippen molar-refractivity contribution in [2.24, 2.45) is 0 Å². The number of rotatable bonds is 5. The SMILES string of the molecule is COc1ccc(-n2nnc3c(=O)n(Cc4nc(-c5ccccc5C)no4)cnc32)cc1. The van der Waals surface area contributed by atoms with Crippen LogP contribution in [-0.4, -0.2) is 41.8 Å². The molecule has 0 atom stereocenters. The Kier molecular flexibility index (Phi) is 4.51. The topological polar surface area (TPSA) is 114 Å². The highest BCUT2D eigenvalue weighted by molar-refractivity contribution is 5.70. The van der Waals surface area contributed by atoms with E-state index in [-0.39, 0.29) is 17.6 Å². The monoisotopic (exact) mass is 415 g/mol. The largest absolute Gasteiger partial charge is 0.497 e. The number of aryl methyl sites for hydroxylation is 1. The Balaban J connectivity index is 1.46. The first-order valence-electron chi connectivity index (χ1n) is 9.48. The molecule has 3 heterocycles. The minimum atomic E-state index is -0.347. The number of nitrogens with zero attached hydrogens (tertiary/aromatic N) is 7. The lowest BCUT2D eigenvalue weighted by molar-refractivity contribution is 0.369. The van der Waals surface area contributed by atoms with Gasteiger partial charge in [-0.1, -0.05) is 34.6 Å². The van der Waals surface area contributed by atoms with Gasteiger partial charge in [0.25, 0.3) is 5.56 Å². The first-order chi connectivity index (χ1) is 15.1. The van der Waals surface area contributed by atoms with Crippen molar-refractivity contribution in [3.63, 3.8) is 0 Å². The van der Waals surface area contributed by atoms with Gasteiger partial charge in [0.15, 0.2) is 11.2 Å². The molecule has 10 nitrogen and oxygen atoms in total. The Labute approximate surface area is 175 Å². The molecule has 0 aliphatic heterocycles. The molecular weight excluding hydrogens is 398 g/mol. The molecule has 2 aromatic carbocycles. The van der Waals surface area contributed by atoms with E-state index < -0.39 is 0 Å². The van der Waals surface area contributed by atoms with Gasteiger partial charge in [-0.2, -0.15) is 9.67 Å². The summed E-state index contributed by atoms with van der Waals surface area (Å²) < 4.78 is 13.4. The normalized spacial score (nSPS) is 11.2. The third-order valence-electron chi connectivity index (χ3n) is 4.91. The minimum Gasteiger partial charge on any atom is -0.497 e. The summed E-state index contributed by atoms with van der Waals surface area (Å²) in [7, 11) is 1.59. The standard InChI is InChI=1S/C21H17N7O3/c1-13-5-3-4-6-16(13)19-23-17(31-25-19)11-27-12-22-20-18(21(27)29)24-26-28(20)14-7-9-15(30-2)10-8-14/h3-10,12H,11H2,1-2H3. The van der Waals surface area contributed by atoms with Crippen LogP contribution in [-0.2, 0) is 6.54 Å². The van der Waals surface area contributed by atoms with Gasteiger partial charge in [0.2, 0.25) is 11.7 Å². The summed E-state index contributed by atoms with van der Waals surface area (Å²) in [5.41, 5.74) is 2.79. The van der Waals surface area contributed by atoms with Crippen molar-refractivity contribution in [2.75, 3.05) is 7.11 Å². The fraction of sp³-hybridized carbons (Fsp3) is 0.143. The third-order valence-corrected chi connectivity index (χ3v) is 4.91. The van der Waals surface area contributed by atoms with Gasteiger partial charge >= 0.3 is 0 Å². The highest BCUT2D eigenvalue weighted by Gasteiger charge is 2.16. The van der Waals surface area contributed by atoms with Gasteiger partial charge < -0.3 is 9.26 Å². The molecule has 0 spiro atoms. The van der Waals surface area contributed by atoms with Crippen molar-refractivity contribution in [1.82, 2.24) is 34.7 Å². The maximum atomic E-state index is 12.9. The number of methoxy groups -OCH3 is 1. The summed E-state index contributed by atoms with van der Waals surface area (Å²) in [5.74, 6) is 1.48. The van der Waals surface area contributed by atoms with Crippen LogP contribution >= 0.6 is 0 Å². The van der Waals surface area contributed by atoms with Crippen LogP contribution in [0.5, 0.6) is 5.75 Å². The Hall–Kier alpha value is -4.34. The molecule has 3 aromatic heterocycles. The van der Waals surface area contributed by atoms with Crippen molar-refractivity contribution in [3.8, 4) is 22.8 Å². The molecular formula is C21H17N7O3. The molecule has 5 rings (SSSR count). The molecule has 0 fully saturated rings. The molecule has 5 aromatic rings. The van der Waals surface area contributed by atoms with E-state index >= 15 is 0 Å². The molecule has 0 N–H and O–H groups in total. The van der Waals surface area contributed by atoms with Gasteiger partial charge in [-0.05, 0) is 36.8 Å². The van der Waals surface area contributed by atoms with E-state index in [1.165, 1.54) is 15.6 Å². The number of hydrogen-bond acceptors (Lipinski definition) is 8. The van der Waals surface area contributed by atoms with Crippen molar-refractivity contribution in [3.05, 3.63) is 76.7 Å². The average Bonchev–Trinajstić information content (AvgIpc) is 3.44. The Morgan fingerprint density at radius 1 is 1.10 bits per heavy atom. The van der Waals surface area contributed by atoms with Gasteiger partial charge in [-0.15, -0.1) is 5.10 Å². The molecule has 0 unspecified atom stereocenters. The first kappa shape index (κ1) is 18.7. The number of aromatic nitrogens is 7. The van der Waals surface area contributed by atoms with E-state index in [0.717, 1.165) is 11.1 Å². The van der Waals surface area contributed by atoms with Crippen LogP contribution in [0.1, 0.15) is 11.5 Å². The fourth-order valence-electron chi connectivity index (χ4n) is 3.25. The fourth-order valence-corrected chi connectivity index (χ4v) is 3.25. The van der Waals surface area contributed by atoms with Crippen LogP contribution in [0.2, 0.25) is 0 Å². The van der Waals surface area contributed by atoms with Crippen LogP contribution in [0.3, 0.4) is 0 Å². The molecule has 0 aliphatic carbocycles. The zero-order valence-electron chi connectivity index (χ0n) is 16.8. The molecule has 0 aliphatic rings. The quantitative estimate of drug-likeness (QED) is 0.430. The van der Waals surface area contributed by atoms with Gasteiger partial charge in [-0.25, -0.2) is 4.98 Å². The van der Waals surface area contributed by atoms with Gasteiger partial charge in [0, 0.05) is 5.56 Å². The average molecular weight is 415 g/mol. The minimum absolute atomic E-state index is 0.0794. The van der Waals surface area contributed by atoms with Crippen LogP contribution in [0.4, 0.5) is 0 Å². The maximum absolute atomic E-state index is 12.9. The lowest BCUT2D eigenvalue weighted by Gasteiger charge is -2.04. The molecule has 10 heteroatoms. The molecule has 154 valence electrons. The van der Waals surface area contributed by atoms with Crippen LogP contribution in [0, 0.1) is 6.92 Å². The predicted octanol–water partition coefficient (Wildman–Crippen LogP) is 2.39. The summed E-state index contributed by atoms with van der Waals surface area (Å²) in [6.45, 7) is 2.05. The summed E-state index contributed by atoms with van der Waals surface area (Å²) in [6.07, 6.45) is 1.42. The molecule has 0 amide bonds. The van der Waals surface area contributed by atoms with E-state index in [1.807, 2.05) is 43.3 Å². The maximum Gasteiger partial charge on any atom is 0.284 e. The number of fused-ring (bicyclic) bond motifs is 1. The van der Waals surface area contributed by atoms with E-state index in [0.29, 0.717) is 28.8 Å². The summed E-state index contributed by atoms with van der Waals surface area (Å²) in [5, 5.41) is 12.1. The zero-order valence-corrected chi connectivity index (χ0v) is 16.8. The van der Waals surface area contributed by atoms with Gasteiger partial charge in [0.05, 0.1) is 12.8 Å². The highest BCUT2D eigenvalue weighted by atomic mass is 16.5. The molecule has 31 heavy (non-hydrogen) atoms. The van der Waals surface area contributed by atoms with E-state index in [2.05, 4.69) is 25.4 Å². The van der Waals surface area contributed by atoms with Crippen LogP contribution in [0.15, 0.2) is 64.2 Å². The Bertz CT molecular complexity index is 1430.